The van der Waals surface area contributed by atoms with E-state index >= 15 is 0 Å². The van der Waals surface area contributed by atoms with Gasteiger partial charge in [-0.05, 0) is 49.8 Å². The van der Waals surface area contributed by atoms with Gasteiger partial charge in [0.2, 0.25) is 0 Å². The molecule has 5 nitrogen and oxygen atoms in total. The Hall–Kier alpha value is -2.06. The van der Waals surface area contributed by atoms with Crippen molar-refractivity contribution in [3.8, 4) is 6.07 Å². The Morgan fingerprint density at radius 3 is 2.96 bits per heavy atom. The summed E-state index contributed by atoms with van der Waals surface area (Å²) < 4.78 is 5.79. The molecule has 0 aromatic heterocycles. The summed E-state index contributed by atoms with van der Waals surface area (Å²) in [7, 11) is 0. The number of carboxylic acid groups (broad SMARTS) is 1. The van der Waals surface area contributed by atoms with Gasteiger partial charge < -0.3 is 14.7 Å². The lowest BCUT2D eigenvalue weighted by Crippen LogP contribution is -2.38. The molecule has 3 rings (SSSR count). The van der Waals surface area contributed by atoms with Crippen molar-refractivity contribution in [3.05, 3.63) is 29.3 Å². The number of fused-ring (bicyclic) bond motifs is 1. The number of hydrogen-bond donors (Lipinski definition) is 1. The number of benzene rings is 1. The minimum atomic E-state index is -0.870. The summed E-state index contributed by atoms with van der Waals surface area (Å²) in [6.45, 7) is 5.09. The quantitative estimate of drug-likeness (QED) is 0.868. The summed E-state index contributed by atoms with van der Waals surface area (Å²) in [4.78, 5) is 13.1. The zero-order chi connectivity index (χ0) is 16.6. The third-order valence-corrected chi connectivity index (χ3v) is 4.90. The Morgan fingerprint density at radius 2 is 2.30 bits per heavy atom. The number of rotatable bonds is 3. The summed E-state index contributed by atoms with van der Waals surface area (Å²) in [6, 6.07) is 7.63. The fourth-order valence-electron chi connectivity index (χ4n) is 3.80. The van der Waals surface area contributed by atoms with Crippen molar-refractivity contribution in [1.29, 1.82) is 5.26 Å². The van der Waals surface area contributed by atoms with E-state index in [1.165, 1.54) is 5.56 Å². The lowest BCUT2D eigenvalue weighted by atomic mass is 9.83. The monoisotopic (exact) mass is 314 g/mol. The fourth-order valence-corrected chi connectivity index (χ4v) is 3.80. The predicted molar refractivity (Wildman–Crippen MR) is 86.5 cm³/mol. The van der Waals surface area contributed by atoms with Gasteiger partial charge >= 0.3 is 5.97 Å². The Kier molecular flexibility index (Phi) is 4.03. The molecular weight excluding hydrogens is 292 g/mol. The smallest absolute Gasteiger partial charge is 0.326 e. The van der Waals surface area contributed by atoms with Crippen LogP contribution < -0.4 is 4.90 Å². The van der Waals surface area contributed by atoms with Crippen molar-refractivity contribution in [2.24, 2.45) is 0 Å². The third kappa shape index (κ3) is 3.04. The van der Waals surface area contributed by atoms with Crippen molar-refractivity contribution in [1.82, 2.24) is 0 Å². The number of hydrogen-bond acceptors (Lipinski definition) is 4. The number of aliphatic carboxylic acids is 1. The van der Waals surface area contributed by atoms with E-state index in [4.69, 9.17) is 10.00 Å². The summed E-state index contributed by atoms with van der Waals surface area (Å²) in [6.07, 6.45) is 2.43. The molecule has 0 amide bonds. The van der Waals surface area contributed by atoms with Gasteiger partial charge in [-0.3, -0.25) is 0 Å². The first-order valence-electron chi connectivity index (χ1n) is 8.04. The van der Waals surface area contributed by atoms with Crippen LogP contribution in [0.2, 0.25) is 0 Å². The van der Waals surface area contributed by atoms with Gasteiger partial charge in [-0.25, -0.2) is 4.79 Å². The minimum absolute atomic E-state index is 0.105. The van der Waals surface area contributed by atoms with Crippen LogP contribution in [0.3, 0.4) is 0 Å². The zero-order valence-corrected chi connectivity index (χ0v) is 13.6. The first kappa shape index (κ1) is 15.8. The number of nitrogens with zero attached hydrogens (tertiary/aromatic N) is 2. The minimum Gasteiger partial charge on any atom is -0.480 e. The van der Waals surface area contributed by atoms with Crippen molar-refractivity contribution in [2.45, 2.75) is 50.7 Å². The van der Waals surface area contributed by atoms with Gasteiger partial charge in [0, 0.05) is 18.7 Å². The molecule has 0 saturated carbocycles. The molecule has 1 aromatic carbocycles. The Bertz CT molecular complexity index is 663. The summed E-state index contributed by atoms with van der Waals surface area (Å²) >= 11 is 0. The van der Waals surface area contributed by atoms with Gasteiger partial charge in [0.15, 0.2) is 0 Å². The normalized spacial score (nSPS) is 25.7. The second-order valence-electron chi connectivity index (χ2n) is 7.03. The van der Waals surface area contributed by atoms with Crippen LogP contribution in [0.15, 0.2) is 18.2 Å². The summed E-state index contributed by atoms with van der Waals surface area (Å²) in [5.41, 5.74) is 3.06. The van der Waals surface area contributed by atoms with Crippen LogP contribution in [0.1, 0.15) is 43.7 Å². The van der Waals surface area contributed by atoms with Crippen LogP contribution in [0, 0.1) is 11.3 Å². The topological polar surface area (TPSA) is 73.6 Å². The van der Waals surface area contributed by atoms with E-state index in [0.717, 1.165) is 30.7 Å². The first-order valence-corrected chi connectivity index (χ1v) is 8.04. The number of carboxylic acids is 1. The van der Waals surface area contributed by atoms with Crippen molar-refractivity contribution in [2.75, 3.05) is 18.1 Å². The molecule has 2 unspecified atom stereocenters. The Balaban J connectivity index is 1.88. The molecule has 1 fully saturated rings. The molecule has 0 spiro atoms. The molecule has 2 atom stereocenters. The molecule has 0 aliphatic carbocycles. The number of nitriles is 1. The largest absolute Gasteiger partial charge is 0.480 e. The third-order valence-electron chi connectivity index (χ3n) is 4.90. The van der Waals surface area contributed by atoms with Crippen molar-refractivity contribution in [3.63, 3.8) is 0 Å². The van der Waals surface area contributed by atoms with Gasteiger partial charge in [0.1, 0.15) is 12.6 Å². The highest BCUT2D eigenvalue weighted by Gasteiger charge is 2.35. The van der Waals surface area contributed by atoms with Crippen LogP contribution >= 0.6 is 0 Å². The molecule has 1 saturated heterocycles. The van der Waals surface area contributed by atoms with Crippen molar-refractivity contribution >= 4 is 11.7 Å². The van der Waals surface area contributed by atoms with E-state index < -0.39 is 12.0 Å². The summed E-state index contributed by atoms with van der Waals surface area (Å²) in [5, 5.41) is 18.4. The van der Waals surface area contributed by atoms with Gasteiger partial charge in [-0.1, -0.05) is 12.1 Å². The molecule has 122 valence electrons. The van der Waals surface area contributed by atoms with Gasteiger partial charge in [0.05, 0.1) is 11.7 Å². The number of ether oxygens (including phenoxy) is 1. The summed E-state index contributed by atoms with van der Waals surface area (Å²) in [5.74, 6) is -0.428. The Labute approximate surface area is 136 Å². The van der Waals surface area contributed by atoms with Crippen LogP contribution in [0.4, 0.5) is 5.69 Å². The second-order valence-corrected chi connectivity index (χ2v) is 7.03. The van der Waals surface area contributed by atoms with E-state index in [1.54, 1.807) is 4.90 Å². The average Bonchev–Trinajstić information content (AvgIpc) is 2.85. The van der Waals surface area contributed by atoms with Gasteiger partial charge in [-0.2, -0.15) is 5.26 Å². The molecule has 1 aromatic rings. The van der Waals surface area contributed by atoms with Crippen LogP contribution in [0.5, 0.6) is 0 Å². The zero-order valence-electron chi connectivity index (χ0n) is 13.6. The van der Waals surface area contributed by atoms with E-state index in [-0.39, 0.29) is 12.1 Å². The standard InChI is InChI=1S/C18H22N2O3/c1-18(2)11-13(5-8-23-18)12-3-4-15-14(9-12)10-16(17(21)22)20(15)7-6-19/h3-4,9,13,16H,5,7-8,10-11H2,1-2H3,(H,21,22). The SMILES string of the molecule is CC1(C)CC(c2ccc3c(c2)CC(C(=O)O)N3CC#N)CCO1. The maximum absolute atomic E-state index is 11.5. The molecule has 5 heteroatoms. The molecule has 1 N–H and O–H groups in total. The molecule has 2 aliphatic heterocycles. The molecule has 0 bridgehead atoms. The maximum Gasteiger partial charge on any atom is 0.326 e. The molecule has 2 aliphatic rings. The van der Waals surface area contributed by atoms with E-state index in [0.29, 0.717) is 12.3 Å². The number of anilines is 1. The predicted octanol–water partition coefficient (Wildman–Crippen LogP) is 2.70. The lowest BCUT2D eigenvalue weighted by molar-refractivity contribution is -0.138. The molecule has 0 radical (unpaired) electrons. The first-order chi connectivity index (χ1) is 10.9. The highest BCUT2D eigenvalue weighted by atomic mass is 16.5. The molecule has 23 heavy (non-hydrogen) atoms. The highest BCUT2D eigenvalue weighted by Crippen LogP contribution is 2.39. The fraction of sp³-hybridized carbons (Fsp3) is 0.556. The van der Waals surface area contributed by atoms with Crippen LogP contribution in [0.25, 0.3) is 0 Å². The highest BCUT2D eigenvalue weighted by molar-refractivity contribution is 5.82. The van der Waals surface area contributed by atoms with E-state index in [1.807, 2.05) is 6.07 Å². The van der Waals surface area contributed by atoms with E-state index in [2.05, 4.69) is 32.0 Å². The van der Waals surface area contributed by atoms with Crippen molar-refractivity contribution < 1.29 is 14.6 Å². The lowest BCUT2D eigenvalue weighted by Gasteiger charge is -2.36. The maximum atomic E-state index is 11.5. The van der Waals surface area contributed by atoms with E-state index in [9.17, 15) is 9.90 Å². The van der Waals surface area contributed by atoms with Crippen LogP contribution in [-0.2, 0) is 16.0 Å². The average molecular weight is 314 g/mol. The van der Waals surface area contributed by atoms with Gasteiger partial charge in [0.25, 0.3) is 0 Å². The molecular formula is C18H22N2O3. The van der Waals surface area contributed by atoms with Gasteiger partial charge in [-0.15, -0.1) is 0 Å². The Morgan fingerprint density at radius 1 is 1.52 bits per heavy atom. The molecule has 2 heterocycles. The van der Waals surface area contributed by atoms with Crippen LogP contribution in [-0.4, -0.2) is 35.9 Å². The number of carbonyl (C=O) groups is 1. The second kappa shape index (κ2) is 5.86.